The smallest absolute Gasteiger partial charge is 0.221 e. The fourth-order valence-corrected chi connectivity index (χ4v) is 3.13. The molecule has 1 amide bonds. The zero-order valence-electron chi connectivity index (χ0n) is 10.1. The number of amides is 1. The van der Waals surface area contributed by atoms with E-state index in [9.17, 15) is 4.79 Å². The SMILES string of the molecule is NC1(CC(=O)NCCc2cccs2)CCCC1. The number of hydrogen-bond donors (Lipinski definition) is 2. The van der Waals surface area contributed by atoms with Gasteiger partial charge in [-0.2, -0.15) is 0 Å². The molecule has 1 heterocycles. The quantitative estimate of drug-likeness (QED) is 0.843. The topological polar surface area (TPSA) is 55.1 Å². The Labute approximate surface area is 106 Å². The molecular formula is C13H20N2OS. The van der Waals surface area contributed by atoms with Crippen molar-refractivity contribution in [1.82, 2.24) is 5.32 Å². The number of thiophene rings is 1. The highest BCUT2D eigenvalue weighted by molar-refractivity contribution is 7.09. The minimum atomic E-state index is -0.229. The summed E-state index contributed by atoms with van der Waals surface area (Å²) in [4.78, 5) is 13.1. The normalized spacial score (nSPS) is 18.2. The number of hydrogen-bond acceptors (Lipinski definition) is 3. The summed E-state index contributed by atoms with van der Waals surface area (Å²) in [5.41, 5.74) is 5.94. The van der Waals surface area contributed by atoms with Gasteiger partial charge >= 0.3 is 0 Å². The highest BCUT2D eigenvalue weighted by Gasteiger charge is 2.31. The lowest BCUT2D eigenvalue weighted by molar-refractivity contribution is -0.122. The van der Waals surface area contributed by atoms with Gasteiger partial charge in [0.2, 0.25) is 5.91 Å². The summed E-state index contributed by atoms with van der Waals surface area (Å²) in [6.07, 6.45) is 5.72. The van der Waals surface area contributed by atoms with Crippen molar-refractivity contribution in [2.75, 3.05) is 6.54 Å². The summed E-state index contributed by atoms with van der Waals surface area (Å²) in [6.45, 7) is 0.718. The lowest BCUT2D eigenvalue weighted by Crippen LogP contribution is -2.42. The van der Waals surface area contributed by atoms with E-state index < -0.39 is 0 Å². The molecule has 1 aliphatic rings. The van der Waals surface area contributed by atoms with Crippen LogP contribution in [0.4, 0.5) is 0 Å². The van der Waals surface area contributed by atoms with Crippen molar-refractivity contribution < 1.29 is 4.79 Å². The maximum atomic E-state index is 11.7. The lowest BCUT2D eigenvalue weighted by Gasteiger charge is -2.22. The number of nitrogens with one attached hydrogen (secondary N) is 1. The molecule has 3 nitrogen and oxygen atoms in total. The molecule has 1 fully saturated rings. The molecule has 1 saturated carbocycles. The molecule has 0 saturated heterocycles. The fraction of sp³-hybridized carbons (Fsp3) is 0.615. The van der Waals surface area contributed by atoms with Gasteiger partial charge < -0.3 is 11.1 Å². The van der Waals surface area contributed by atoms with Crippen LogP contribution in [0.15, 0.2) is 17.5 Å². The fourth-order valence-electron chi connectivity index (χ4n) is 2.42. The van der Waals surface area contributed by atoms with E-state index in [1.807, 2.05) is 6.07 Å². The highest BCUT2D eigenvalue weighted by atomic mass is 32.1. The third-order valence-electron chi connectivity index (χ3n) is 3.39. The van der Waals surface area contributed by atoms with E-state index >= 15 is 0 Å². The Balaban J connectivity index is 1.67. The first-order valence-corrected chi connectivity index (χ1v) is 7.14. The van der Waals surface area contributed by atoms with Gasteiger partial charge in [-0.1, -0.05) is 18.9 Å². The van der Waals surface area contributed by atoms with Crippen LogP contribution in [0.2, 0.25) is 0 Å². The number of carbonyl (C=O) groups excluding carboxylic acids is 1. The summed E-state index contributed by atoms with van der Waals surface area (Å²) >= 11 is 1.73. The van der Waals surface area contributed by atoms with Gasteiger partial charge in [-0.15, -0.1) is 11.3 Å². The van der Waals surface area contributed by atoms with E-state index in [1.165, 1.54) is 17.7 Å². The van der Waals surface area contributed by atoms with Crippen LogP contribution in [-0.2, 0) is 11.2 Å². The Hall–Kier alpha value is -0.870. The van der Waals surface area contributed by atoms with Crippen LogP contribution in [0.25, 0.3) is 0 Å². The van der Waals surface area contributed by atoms with E-state index in [1.54, 1.807) is 11.3 Å². The van der Waals surface area contributed by atoms with Crippen LogP contribution in [0, 0.1) is 0 Å². The summed E-state index contributed by atoms with van der Waals surface area (Å²) in [5.74, 6) is 0.103. The van der Waals surface area contributed by atoms with Crippen molar-refractivity contribution in [3.63, 3.8) is 0 Å². The lowest BCUT2D eigenvalue weighted by atomic mass is 9.94. The van der Waals surface area contributed by atoms with Gasteiger partial charge in [0, 0.05) is 23.4 Å². The van der Waals surface area contributed by atoms with Gasteiger partial charge in [0.05, 0.1) is 0 Å². The molecular weight excluding hydrogens is 232 g/mol. The number of carbonyl (C=O) groups is 1. The molecule has 1 aromatic rings. The van der Waals surface area contributed by atoms with Crippen LogP contribution < -0.4 is 11.1 Å². The predicted molar refractivity (Wildman–Crippen MR) is 71.0 cm³/mol. The van der Waals surface area contributed by atoms with Gasteiger partial charge in [-0.3, -0.25) is 4.79 Å². The van der Waals surface area contributed by atoms with E-state index in [0.29, 0.717) is 6.42 Å². The average molecular weight is 252 g/mol. The molecule has 0 aliphatic heterocycles. The third-order valence-corrected chi connectivity index (χ3v) is 4.32. The van der Waals surface area contributed by atoms with Crippen molar-refractivity contribution in [2.24, 2.45) is 5.73 Å². The van der Waals surface area contributed by atoms with Gasteiger partial charge in [0.25, 0.3) is 0 Å². The molecule has 0 atom stereocenters. The first-order chi connectivity index (χ1) is 8.18. The first-order valence-electron chi connectivity index (χ1n) is 6.26. The Bertz CT molecular complexity index is 356. The van der Waals surface area contributed by atoms with Gasteiger partial charge in [0.1, 0.15) is 0 Å². The molecule has 3 N–H and O–H groups in total. The molecule has 0 spiro atoms. The standard InChI is InChI=1S/C13H20N2OS/c14-13(6-1-2-7-13)10-12(16)15-8-5-11-4-3-9-17-11/h3-4,9H,1-2,5-8,10,14H2,(H,15,16). The number of nitrogens with two attached hydrogens (primary N) is 1. The highest BCUT2D eigenvalue weighted by Crippen LogP contribution is 2.29. The molecule has 2 rings (SSSR count). The van der Waals surface area contributed by atoms with Crippen molar-refractivity contribution >= 4 is 17.2 Å². The molecule has 1 aromatic heterocycles. The summed E-state index contributed by atoms with van der Waals surface area (Å²) in [6, 6.07) is 4.13. The Kier molecular flexibility index (Phi) is 4.18. The van der Waals surface area contributed by atoms with Gasteiger partial charge in [-0.25, -0.2) is 0 Å². The third kappa shape index (κ3) is 3.82. The maximum Gasteiger partial charge on any atom is 0.221 e. The van der Waals surface area contributed by atoms with Crippen LogP contribution in [0.1, 0.15) is 37.0 Å². The Morgan fingerprint density at radius 3 is 2.88 bits per heavy atom. The molecule has 4 heteroatoms. The van der Waals surface area contributed by atoms with Gasteiger partial charge in [-0.05, 0) is 30.7 Å². The predicted octanol–water partition coefficient (Wildman–Crippen LogP) is 2.07. The molecule has 0 bridgehead atoms. The van der Waals surface area contributed by atoms with Crippen molar-refractivity contribution in [1.29, 1.82) is 0 Å². The van der Waals surface area contributed by atoms with Crippen LogP contribution in [0.3, 0.4) is 0 Å². The second kappa shape index (κ2) is 5.65. The Morgan fingerprint density at radius 2 is 2.24 bits per heavy atom. The van der Waals surface area contributed by atoms with E-state index in [-0.39, 0.29) is 11.4 Å². The van der Waals surface area contributed by atoms with Crippen molar-refractivity contribution in [3.05, 3.63) is 22.4 Å². The van der Waals surface area contributed by atoms with E-state index in [2.05, 4.69) is 16.8 Å². The minimum Gasteiger partial charge on any atom is -0.356 e. The van der Waals surface area contributed by atoms with Crippen molar-refractivity contribution in [2.45, 2.75) is 44.1 Å². The average Bonchev–Trinajstić information content (AvgIpc) is 2.90. The first kappa shape index (κ1) is 12.6. The van der Waals surface area contributed by atoms with Crippen LogP contribution in [0.5, 0.6) is 0 Å². The maximum absolute atomic E-state index is 11.7. The zero-order chi connectivity index (χ0) is 12.1. The second-order valence-electron chi connectivity index (χ2n) is 4.93. The monoisotopic (exact) mass is 252 g/mol. The number of rotatable bonds is 5. The van der Waals surface area contributed by atoms with Crippen LogP contribution >= 0.6 is 11.3 Å². The zero-order valence-corrected chi connectivity index (χ0v) is 10.9. The minimum absolute atomic E-state index is 0.103. The molecule has 0 radical (unpaired) electrons. The van der Waals surface area contributed by atoms with E-state index in [4.69, 9.17) is 5.73 Å². The molecule has 1 aliphatic carbocycles. The largest absolute Gasteiger partial charge is 0.356 e. The second-order valence-corrected chi connectivity index (χ2v) is 5.96. The molecule has 17 heavy (non-hydrogen) atoms. The summed E-state index contributed by atoms with van der Waals surface area (Å²) in [5, 5.41) is 5.02. The van der Waals surface area contributed by atoms with Gasteiger partial charge in [0.15, 0.2) is 0 Å². The summed E-state index contributed by atoms with van der Waals surface area (Å²) < 4.78 is 0. The Morgan fingerprint density at radius 1 is 1.47 bits per heavy atom. The van der Waals surface area contributed by atoms with Crippen LogP contribution in [-0.4, -0.2) is 18.0 Å². The molecule has 0 aromatic carbocycles. The molecule has 0 unspecified atom stereocenters. The van der Waals surface area contributed by atoms with E-state index in [0.717, 1.165) is 25.8 Å². The molecule has 94 valence electrons. The van der Waals surface area contributed by atoms with Crippen molar-refractivity contribution in [3.8, 4) is 0 Å². The summed E-state index contributed by atoms with van der Waals surface area (Å²) in [7, 11) is 0.